The lowest BCUT2D eigenvalue weighted by Gasteiger charge is -2.44. The number of allylic oxidation sites excluding steroid dienone is 2. The van der Waals surface area contributed by atoms with Gasteiger partial charge in [0.2, 0.25) is 5.91 Å². The molecule has 1 aromatic rings. The first-order valence-corrected chi connectivity index (χ1v) is 9.91. The molecule has 6 heteroatoms. The van der Waals surface area contributed by atoms with E-state index in [0.29, 0.717) is 6.42 Å². The third-order valence-electron chi connectivity index (χ3n) is 5.18. The highest BCUT2D eigenvalue weighted by Crippen LogP contribution is 2.33. The van der Waals surface area contributed by atoms with Crippen molar-refractivity contribution in [3.8, 4) is 0 Å². The van der Waals surface area contributed by atoms with Crippen LogP contribution in [0.4, 0.5) is 0 Å². The second-order valence-electron chi connectivity index (χ2n) is 7.75. The number of hydrogen-bond acceptors (Lipinski definition) is 5. The minimum atomic E-state index is -1.22. The maximum absolute atomic E-state index is 13.3. The Labute approximate surface area is 173 Å². The Bertz CT molecular complexity index is 743. The van der Waals surface area contributed by atoms with E-state index in [2.05, 4.69) is 0 Å². The Kier molecular flexibility index (Phi) is 7.76. The van der Waals surface area contributed by atoms with E-state index in [-0.39, 0.29) is 17.7 Å². The second-order valence-corrected chi connectivity index (χ2v) is 7.75. The molecule has 0 saturated heterocycles. The number of hydrogen-bond donors (Lipinski definition) is 1. The Morgan fingerprint density at radius 1 is 1.10 bits per heavy atom. The smallest absolute Gasteiger partial charge is 0.328 e. The van der Waals surface area contributed by atoms with Crippen molar-refractivity contribution in [3.05, 3.63) is 60.2 Å². The number of amides is 1. The molecule has 29 heavy (non-hydrogen) atoms. The molecule has 0 aliphatic heterocycles. The number of esters is 1. The quantitative estimate of drug-likeness (QED) is 0.412. The number of carbonyl (C=O) groups is 2. The summed E-state index contributed by atoms with van der Waals surface area (Å²) < 4.78 is 10.7. The molecule has 6 nitrogen and oxygen atoms in total. The zero-order valence-corrected chi connectivity index (χ0v) is 17.9. The zero-order chi connectivity index (χ0) is 21.6. The van der Waals surface area contributed by atoms with E-state index in [1.165, 1.54) is 19.1 Å². The molecule has 2 atom stereocenters. The summed E-state index contributed by atoms with van der Waals surface area (Å²) in [5.41, 5.74) is 6.10. The standard InChI is InChI=1S/C23H32N2O4/c1-16(2)15-20(24)21(26)25(17(3)22(27)28-4)23(29-5)13-11-19(12-14-23)18-9-7-6-8-10-18/h6-14,16-17,19-20H,15,24H2,1-5H3/t17-,19?,20-,23?/m0/s1. The summed E-state index contributed by atoms with van der Waals surface area (Å²) in [6.45, 7) is 5.62. The molecule has 158 valence electrons. The first-order valence-electron chi connectivity index (χ1n) is 9.91. The van der Waals surface area contributed by atoms with Gasteiger partial charge in [-0.3, -0.25) is 9.69 Å². The predicted molar refractivity (Wildman–Crippen MR) is 113 cm³/mol. The minimum Gasteiger partial charge on any atom is -0.467 e. The molecular formula is C23H32N2O4. The summed E-state index contributed by atoms with van der Waals surface area (Å²) in [5.74, 6) is -0.596. The third-order valence-corrected chi connectivity index (χ3v) is 5.18. The molecule has 0 spiro atoms. The average molecular weight is 401 g/mol. The molecule has 0 aromatic heterocycles. The van der Waals surface area contributed by atoms with Crippen LogP contribution in [-0.4, -0.2) is 48.8 Å². The Morgan fingerprint density at radius 2 is 1.69 bits per heavy atom. The van der Waals surface area contributed by atoms with Gasteiger partial charge in [0.25, 0.3) is 0 Å². The number of ether oxygens (including phenoxy) is 2. The van der Waals surface area contributed by atoms with Crippen molar-refractivity contribution in [1.29, 1.82) is 0 Å². The van der Waals surface area contributed by atoms with Crippen LogP contribution in [-0.2, 0) is 19.1 Å². The summed E-state index contributed by atoms with van der Waals surface area (Å²) in [4.78, 5) is 27.0. The molecule has 0 fully saturated rings. The molecule has 1 aliphatic rings. The first-order chi connectivity index (χ1) is 13.8. The minimum absolute atomic E-state index is 0.0502. The van der Waals surface area contributed by atoms with Crippen LogP contribution < -0.4 is 5.73 Å². The maximum atomic E-state index is 13.3. The van der Waals surface area contributed by atoms with Gasteiger partial charge in [0.15, 0.2) is 5.72 Å². The van der Waals surface area contributed by atoms with E-state index in [0.717, 1.165) is 5.56 Å². The molecule has 0 radical (unpaired) electrons. The van der Waals surface area contributed by atoms with Gasteiger partial charge in [0, 0.05) is 13.0 Å². The number of methoxy groups -OCH3 is 2. The van der Waals surface area contributed by atoms with Gasteiger partial charge in [-0.25, -0.2) is 4.79 Å². The van der Waals surface area contributed by atoms with Gasteiger partial charge in [-0.2, -0.15) is 0 Å². The van der Waals surface area contributed by atoms with Crippen molar-refractivity contribution in [2.75, 3.05) is 14.2 Å². The molecule has 2 rings (SSSR count). The highest BCUT2D eigenvalue weighted by atomic mass is 16.5. The van der Waals surface area contributed by atoms with E-state index >= 15 is 0 Å². The number of benzene rings is 1. The van der Waals surface area contributed by atoms with E-state index in [4.69, 9.17) is 15.2 Å². The van der Waals surface area contributed by atoms with Crippen LogP contribution in [0.2, 0.25) is 0 Å². The van der Waals surface area contributed by atoms with Crippen LogP contribution in [0.25, 0.3) is 0 Å². The van der Waals surface area contributed by atoms with Crippen LogP contribution in [0.1, 0.15) is 38.7 Å². The van der Waals surface area contributed by atoms with Crippen molar-refractivity contribution in [2.24, 2.45) is 11.7 Å². The van der Waals surface area contributed by atoms with Crippen molar-refractivity contribution in [2.45, 2.75) is 50.9 Å². The highest BCUT2D eigenvalue weighted by molar-refractivity contribution is 5.88. The highest BCUT2D eigenvalue weighted by Gasteiger charge is 2.44. The molecular weight excluding hydrogens is 368 g/mol. The van der Waals surface area contributed by atoms with E-state index in [1.807, 2.05) is 68.5 Å². The fourth-order valence-electron chi connectivity index (χ4n) is 3.62. The predicted octanol–water partition coefficient (Wildman–Crippen LogP) is 3.00. The Hall–Kier alpha value is -2.44. The lowest BCUT2D eigenvalue weighted by atomic mass is 9.90. The first kappa shape index (κ1) is 22.8. The Balaban J connectivity index is 2.40. The third kappa shape index (κ3) is 5.14. The van der Waals surface area contributed by atoms with E-state index < -0.39 is 23.8 Å². The molecule has 0 heterocycles. The van der Waals surface area contributed by atoms with Crippen LogP contribution in [0.15, 0.2) is 54.6 Å². The summed E-state index contributed by atoms with van der Waals surface area (Å²) in [7, 11) is 2.81. The molecule has 0 saturated carbocycles. The second kappa shape index (κ2) is 9.85. The molecule has 2 N–H and O–H groups in total. The zero-order valence-electron chi connectivity index (χ0n) is 17.9. The molecule has 0 bridgehead atoms. The summed E-state index contributed by atoms with van der Waals surface area (Å²) in [5, 5.41) is 0. The maximum Gasteiger partial charge on any atom is 0.328 e. The monoisotopic (exact) mass is 400 g/mol. The fourth-order valence-corrected chi connectivity index (χ4v) is 3.62. The van der Waals surface area contributed by atoms with Crippen LogP contribution >= 0.6 is 0 Å². The Morgan fingerprint density at radius 3 is 2.17 bits per heavy atom. The molecule has 1 aromatic carbocycles. The number of rotatable bonds is 8. The van der Waals surface area contributed by atoms with Crippen molar-refractivity contribution in [1.82, 2.24) is 4.90 Å². The summed E-state index contributed by atoms with van der Waals surface area (Å²) >= 11 is 0. The van der Waals surface area contributed by atoms with Gasteiger partial charge in [0.1, 0.15) is 6.04 Å². The summed E-state index contributed by atoms with van der Waals surface area (Å²) in [6, 6.07) is 8.39. The average Bonchev–Trinajstić information content (AvgIpc) is 2.73. The number of carbonyl (C=O) groups excluding carboxylic acids is 2. The topological polar surface area (TPSA) is 81.9 Å². The molecule has 0 unspecified atom stereocenters. The number of nitrogens with two attached hydrogens (primary N) is 1. The van der Waals surface area contributed by atoms with Gasteiger partial charge < -0.3 is 15.2 Å². The number of nitrogens with zero attached hydrogens (tertiary/aromatic N) is 1. The van der Waals surface area contributed by atoms with Gasteiger partial charge in [0.05, 0.1) is 13.2 Å². The van der Waals surface area contributed by atoms with Gasteiger partial charge in [-0.15, -0.1) is 0 Å². The van der Waals surface area contributed by atoms with Gasteiger partial charge >= 0.3 is 5.97 Å². The lowest BCUT2D eigenvalue weighted by Crippen LogP contribution is -2.61. The normalized spacial score (nSPS) is 22.9. The van der Waals surface area contributed by atoms with E-state index in [9.17, 15) is 9.59 Å². The largest absolute Gasteiger partial charge is 0.467 e. The summed E-state index contributed by atoms with van der Waals surface area (Å²) in [6.07, 6.45) is 8.06. The lowest BCUT2D eigenvalue weighted by molar-refractivity contribution is -0.169. The van der Waals surface area contributed by atoms with Crippen molar-refractivity contribution in [3.63, 3.8) is 0 Å². The van der Waals surface area contributed by atoms with Gasteiger partial charge in [-0.05, 0) is 37.0 Å². The van der Waals surface area contributed by atoms with Crippen molar-refractivity contribution < 1.29 is 19.1 Å². The van der Waals surface area contributed by atoms with Crippen LogP contribution in [0.5, 0.6) is 0 Å². The van der Waals surface area contributed by atoms with Gasteiger partial charge in [-0.1, -0.05) is 56.3 Å². The van der Waals surface area contributed by atoms with Crippen LogP contribution in [0, 0.1) is 5.92 Å². The van der Waals surface area contributed by atoms with Crippen LogP contribution in [0.3, 0.4) is 0 Å². The van der Waals surface area contributed by atoms with Crippen molar-refractivity contribution >= 4 is 11.9 Å². The van der Waals surface area contributed by atoms with E-state index in [1.54, 1.807) is 6.92 Å². The molecule has 1 amide bonds. The fraction of sp³-hybridized carbons (Fsp3) is 0.478. The molecule has 1 aliphatic carbocycles. The SMILES string of the molecule is COC(=O)[C@H](C)N(C(=O)[C@@H](N)CC(C)C)C1(OC)C=CC(c2ccccc2)C=C1.